The Labute approximate surface area is 251 Å². The molecular formula is C35H48N2O5. The van der Waals surface area contributed by atoms with E-state index in [-0.39, 0.29) is 23.4 Å². The second-order valence-corrected chi connectivity index (χ2v) is 12.0. The molecule has 42 heavy (non-hydrogen) atoms. The van der Waals surface area contributed by atoms with Crippen LogP contribution in [0.15, 0.2) is 36.9 Å². The Morgan fingerprint density at radius 1 is 0.929 bits per heavy atom. The van der Waals surface area contributed by atoms with Gasteiger partial charge in [0, 0.05) is 31.0 Å². The Hall–Kier alpha value is -3.03. The van der Waals surface area contributed by atoms with Crippen molar-refractivity contribution in [3.8, 4) is 23.0 Å². The van der Waals surface area contributed by atoms with Gasteiger partial charge in [-0.1, -0.05) is 13.0 Å². The molecule has 0 radical (unpaired) electrons. The van der Waals surface area contributed by atoms with Gasteiger partial charge in [0.25, 0.3) is 0 Å². The minimum absolute atomic E-state index is 0.0328. The molecule has 1 spiro atoms. The Bertz CT molecular complexity index is 1280. The molecule has 0 bridgehead atoms. The van der Waals surface area contributed by atoms with E-state index in [9.17, 15) is 4.79 Å². The fourth-order valence-electron chi connectivity index (χ4n) is 8.22. The van der Waals surface area contributed by atoms with E-state index in [1.54, 1.807) is 28.4 Å². The van der Waals surface area contributed by atoms with Crippen molar-refractivity contribution in [2.45, 2.75) is 63.5 Å². The van der Waals surface area contributed by atoms with Gasteiger partial charge in [0.15, 0.2) is 23.0 Å². The third-order valence-corrected chi connectivity index (χ3v) is 10.2. The predicted octanol–water partition coefficient (Wildman–Crippen LogP) is 5.98. The van der Waals surface area contributed by atoms with Crippen LogP contribution >= 0.6 is 0 Å². The highest BCUT2D eigenvalue weighted by atomic mass is 16.5. The summed E-state index contributed by atoms with van der Waals surface area (Å²) in [6, 6.07) is 8.95. The van der Waals surface area contributed by atoms with Crippen LogP contribution in [0.2, 0.25) is 0 Å². The SMILES string of the molecule is C=CCCCN1CCc2cc(OC)c(OC)cc2C12CCC(C=O)CC2C1c2cc(OC)c(OC)cc2CCN1CC. The summed E-state index contributed by atoms with van der Waals surface area (Å²) >= 11 is 0. The number of nitrogens with zero attached hydrogens (tertiary/aromatic N) is 2. The van der Waals surface area contributed by atoms with Crippen LogP contribution in [0.25, 0.3) is 0 Å². The van der Waals surface area contributed by atoms with Gasteiger partial charge in [-0.25, -0.2) is 0 Å². The lowest BCUT2D eigenvalue weighted by atomic mass is 9.58. The zero-order valence-electron chi connectivity index (χ0n) is 26.1. The lowest BCUT2D eigenvalue weighted by Crippen LogP contribution is -2.61. The predicted molar refractivity (Wildman–Crippen MR) is 166 cm³/mol. The van der Waals surface area contributed by atoms with Crippen molar-refractivity contribution >= 4 is 6.29 Å². The fourth-order valence-corrected chi connectivity index (χ4v) is 8.22. The van der Waals surface area contributed by atoms with Crippen molar-refractivity contribution in [2.24, 2.45) is 11.8 Å². The number of fused-ring (bicyclic) bond motifs is 3. The van der Waals surface area contributed by atoms with E-state index >= 15 is 0 Å². The maximum atomic E-state index is 12.5. The van der Waals surface area contributed by atoms with Gasteiger partial charge >= 0.3 is 0 Å². The van der Waals surface area contributed by atoms with Crippen LogP contribution in [-0.4, -0.2) is 70.7 Å². The van der Waals surface area contributed by atoms with Crippen LogP contribution in [0.5, 0.6) is 23.0 Å². The van der Waals surface area contributed by atoms with E-state index < -0.39 is 0 Å². The highest BCUT2D eigenvalue weighted by Gasteiger charge is 2.55. The largest absolute Gasteiger partial charge is 0.493 e. The molecule has 0 saturated heterocycles. The summed E-state index contributed by atoms with van der Waals surface area (Å²) in [5.74, 6) is 3.29. The average molecular weight is 577 g/mol. The van der Waals surface area contributed by atoms with Crippen LogP contribution in [-0.2, 0) is 23.2 Å². The molecule has 2 aromatic carbocycles. The first-order valence-corrected chi connectivity index (χ1v) is 15.5. The maximum absolute atomic E-state index is 12.5. The first-order valence-electron chi connectivity index (χ1n) is 15.5. The van der Waals surface area contributed by atoms with Gasteiger partial charge in [-0.2, -0.15) is 0 Å². The molecule has 1 saturated carbocycles. The molecule has 0 amide bonds. The van der Waals surface area contributed by atoms with Crippen molar-refractivity contribution in [1.82, 2.24) is 9.80 Å². The van der Waals surface area contributed by atoms with Crippen LogP contribution in [0.4, 0.5) is 0 Å². The van der Waals surface area contributed by atoms with E-state index in [0.29, 0.717) is 0 Å². The summed E-state index contributed by atoms with van der Waals surface area (Å²) in [7, 11) is 6.85. The first kappa shape index (κ1) is 30.4. The molecule has 5 rings (SSSR count). The third kappa shape index (κ3) is 5.19. The van der Waals surface area contributed by atoms with E-state index in [4.69, 9.17) is 18.9 Å². The Morgan fingerprint density at radius 2 is 1.57 bits per heavy atom. The molecule has 7 heteroatoms. The summed E-state index contributed by atoms with van der Waals surface area (Å²) in [6.07, 6.45) is 9.82. The van der Waals surface area contributed by atoms with Crippen molar-refractivity contribution in [1.29, 1.82) is 0 Å². The number of hydrogen-bond donors (Lipinski definition) is 0. The number of aldehydes is 1. The molecule has 7 nitrogen and oxygen atoms in total. The molecule has 4 unspecified atom stereocenters. The van der Waals surface area contributed by atoms with Gasteiger partial charge in [-0.15, -0.1) is 6.58 Å². The number of unbranched alkanes of at least 4 members (excludes halogenated alkanes) is 1. The number of methoxy groups -OCH3 is 4. The molecule has 228 valence electrons. The van der Waals surface area contributed by atoms with Gasteiger partial charge in [-0.05, 0) is 105 Å². The van der Waals surface area contributed by atoms with Crippen LogP contribution in [0.3, 0.4) is 0 Å². The number of ether oxygens (including phenoxy) is 4. The van der Waals surface area contributed by atoms with Crippen LogP contribution < -0.4 is 18.9 Å². The summed E-state index contributed by atoms with van der Waals surface area (Å²) in [5.41, 5.74) is 5.02. The van der Waals surface area contributed by atoms with Crippen molar-refractivity contribution in [2.75, 3.05) is 54.6 Å². The van der Waals surface area contributed by atoms with Crippen molar-refractivity contribution in [3.05, 3.63) is 59.2 Å². The van der Waals surface area contributed by atoms with E-state index in [1.165, 1.54) is 28.5 Å². The van der Waals surface area contributed by atoms with Gasteiger partial charge < -0.3 is 23.7 Å². The molecule has 2 heterocycles. The number of rotatable bonds is 11. The Kier molecular flexibility index (Phi) is 9.48. The van der Waals surface area contributed by atoms with Crippen LogP contribution in [0.1, 0.15) is 67.3 Å². The van der Waals surface area contributed by atoms with Gasteiger partial charge in [-0.3, -0.25) is 9.80 Å². The Morgan fingerprint density at radius 3 is 2.21 bits per heavy atom. The molecule has 1 fully saturated rings. The molecule has 4 atom stereocenters. The van der Waals surface area contributed by atoms with E-state index in [2.05, 4.69) is 47.6 Å². The minimum Gasteiger partial charge on any atom is -0.493 e. The molecular weight excluding hydrogens is 528 g/mol. The highest BCUT2D eigenvalue weighted by molar-refractivity contribution is 5.57. The molecule has 2 aromatic rings. The zero-order valence-corrected chi connectivity index (χ0v) is 26.1. The van der Waals surface area contributed by atoms with Gasteiger partial charge in [0.2, 0.25) is 0 Å². The second kappa shape index (κ2) is 13.1. The molecule has 1 aliphatic carbocycles. The quantitative estimate of drug-likeness (QED) is 0.185. The molecule has 2 aliphatic heterocycles. The second-order valence-electron chi connectivity index (χ2n) is 12.0. The van der Waals surface area contributed by atoms with Crippen molar-refractivity contribution in [3.63, 3.8) is 0 Å². The summed E-state index contributed by atoms with van der Waals surface area (Å²) in [5, 5.41) is 0. The van der Waals surface area contributed by atoms with E-state index in [0.717, 1.165) is 94.1 Å². The minimum atomic E-state index is -0.256. The summed E-state index contributed by atoms with van der Waals surface area (Å²) in [6.45, 7) is 10.1. The number of carbonyl (C=O) groups excluding carboxylic acids is 1. The lowest BCUT2D eigenvalue weighted by Gasteiger charge is -2.59. The number of allylic oxidation sites excluding steroid dienone is 1. The molecule has 3 aliphatic rings. The molecule has 0 N–H and O–H groups in total. The zero-order chi connectivity index (χ0) is 29.9. The fraction of sp³-hybridized carbons (Fsp3) is 0.571. The number of hydrogen-bond acceptors (Lipinski definition) is 7. The maximum Gasteiger partial charge on any atom is 0.161 e. The Balaban J connectivity index is 1.76. The standard InChI is InChI=1S/C35H48N2O5/c1-7-9-10-15-37-17-13-26-20-31(40-4)33(42-6)22-28(26)35(37)14-11-24(23-38)18-29(35)34-27-21-32(41-5)30(39-3)19-25(27)12-16-36(34)8-2/h7,19-24,29,34H,1,8-18H2,2-6H3. The monoisotopic (exact) mass is 576 g/mol. The third-order valence-electron chi connectivity index (χ3n) is 10.2. The molecule has 0 aromatic heterocycles. The highest BCUT2D eigenvalue weighted by Crippen LogP contribution is 2.58. The summed E-state index contributed by atoms with van der Waals surface area (Å²) in [4.78, 5) is 17.8. The number of carbonyl (C=O) groups is 1. The number of likely N-dealkylation sites (N-methyl/N-ethyl adjacent to an activating group) is 1. The lowest BCUT2D eigenvalue weighted by molar-refractivity contribution is -0.118. The first-order chi connectivity index (χ1) is 20.5. The van der Waals surface area contributed by atoms with Gasteiger partial charge in [0.05, 0.1) is 34.0 Å². The van der Waals surface area contributed by atoms with Gasteiger partial charge in [0.1, 0.15) is 6.29 Å². The number of benzene rings is 2. The average Bonchev–Trinajstić information content (AvgIpc) is 3.04. The van der Waals surface area contributed by atoms with E-state index in [1.807, 2.05) is 6.08 Å². The van der Waals surface area contributed by atoms with Crippen molar-refractivity contribution < 1.29 is 23.7 Å². The topological polar surface area (TPSA) is 60.5 Å². The smallest absolute Gasteiger partial charge is 0.161 e. The summed E-state index contributed by atoms with van der Waals surface area (Å²) < 4.78 is 23.2. The van der Waals surface area contributed by atoms with Crippen LogP contribution in [0, 0.1) is 11.8 Å². The normalized spacial score (nSPS) is 25.8.